The average molecular weight is 334 g/mol. The van der Waals surface area contributed by atoms with Gasteiger partial charge in [-0.3, -0.25) is 20.4 Å². The van der Waals surface area contributed by atoms with E-state index < -0.39 is 6.04 Å². The fraction of sp³-hybridized carbons (Fsp3) is 0.438. The van der Waals surface area contributed by atoms with Gasteiger partial charge in [-0.1, -0.05) is 43.2 Å². The third-order valence-corrected chi connectivity index (χ3v) is 4.33. The Hall–Kier alpha value is -2.15. The molecule has 0 aliphatic rings. The summed E-state index contributed by atoms with van der Waals surface area (Å²) in [5.74, 6) is -0.466. The monoisotopic (exact) mass is 334 g/mol. The van der Waals surface area contributed by atoms with E-state index >= 15 is 0 Å². The first kappa shape index (κ1) is 17.2. The lowest BCUT2D eigenvalue weighted by atomic mass is 10.2. The number of nitrogens with zero attached hydrogens (tertiary/aromatic N) is 1. The first-order valence-corrected chi connectivity index (χ1v) is 8.62. The normalized spacial score (nSPS) is 11.9. The summed E-state index contributed by atoms with van der Waals surface area (Å²) in [7, 11) is 0. The molecule has 3 N–H and O–H groups in total. The predicted octanol–water partition coefficient (Wildman–Crippen LogP) is 2.82. The van der Waals surface area contributed by atoms with Gasteiger partial charge < -0.3 is 5.32 Å². The van der Waals surface area contributed by atoms with Gasteiger partial charge in [0.25, 0.3) is 5.91 Å². The van der Waals surface area contributed by atoms with Crippen LogP contribution in [-0.2, 0) is 9.59 Å². The van der Waals surface area contributed by atoms with Crippen molar-refractivity contribution in [2.75, 3.05) is 5.32 Å². The molecule has 124 valence electrons. The van der Waals surface area contributed by atoms with Gasteiger partial charge in [-0.2, -0.15) is 0 Å². The van der Waals surface area contributed by atoms with Crippen molar-refractivity contribution in [2.24, 2.45) is 0 Å². The molecule has 1 atom stereocenters. The minimum absolute atomic E-state index is 0.168. The summed E-state index contributed by atoms with van der Waals surface area (Å²) in [5.41, 5.74) is 5.78. The Morgan fingerprint density at radius 1 is 1.22 bits per heavy atom. The summed E-state index contributed by atoms with van der Waals surface area (Å²) in [5, 5.41) is 3.73. The van der Waals surface area contributed by atoms with Crippen molar-refractivity contribution in [2.45, 2.75) is 45.6 Å². The van der Waals surface area contributed by atoms with Crippen LogP contribution in [0.5, 0.6) is 0 Å². The molecule has 2 aromatic rings. The molecule has 0 aliphatic heterocycles. The quantitative estimate of drug-likeness (QED) is 0.537. The van der Waals surface area contributed by atoms with Crippen molar-refractivity contribution >= 4 is 38.5 Å². The summed E-state index contributed by atoms with van der Waals surface area (Å²) in [4.78, 5) is 28.0. The van der Waals surface area contributed by atoms with E-state index in [1.165, 1.54) is 11.3 Å². The third kappa shape index (κ3) is 5.21. The lowest BCUT2D eigenvalue weighted by Crippen LogP contribution is -2.47. The molecular formula is C16H22N4O2S. The van der Waals surface area contributed by atoms with E-state index in [1.807, 2.05) is 24.3 Å². The number of rotatable bonds is 7. The molecule has 0 bridgehead atoms. The molecule has 1 unspecified atom stereocenters. The highest BCUT2D eigenvalue weighted by Crippen LogP contribution is 2.25. The van der Waals surface area contributed by atoms with Gasteiger partial charge in [0, 0.05) is 6.42 Å². The number of hydrogen-bond acceptors (Lipinski definition) is 5. The first-order valence-electron chi connectivity index (χ1n) is 7.81. The zero-order valence-corrected chi connectivity index (χ0v) is 14.2. The van der Waals surface area contributed by atoms with Crippen molar-refractivity contribution in [1.29, 1.82) is 0 Å². The van der Waals surface area contributed by atoms with Crippen LogP contribution < -0.4 is 16.2 Å². The second-order valence-corrected chi connectivity index (χ2v) is 6.38. The highest BCUT2D eigenvalue weighted by molar-refractivity contribution is 7.22. The number of hydrazine groups is 1. The van der Waals surface area contributed by atoms with Crippen LogP contribution in [0.4, 0.5) is 5.13 Å². The molecule has 0 spiro atoms. The largest absolute Gasteiger partial charge is 0.350 e. The Kier molecular flexibility index (Phi) is 6.34. The van der Waals surface area contributed by atoms with Crippen LogP contribution in [0.1, 0.15) is 39.5 Å². The molecule has 0 saturated carbocycles. The second-order valence-electron chi connectivity index (χ2n) is 5.35. The fourth-order valence-corrected chi connectivity index (χ4v) is 2.98. The number of hydrogen-bond donors (Lipinski definition) is 3. The van der Waals surface area contributed by atoms with Crippen molar-refractivity contribution in [3.05, 3.63) is 24.3 Å². The summed E-state index contributed by atoms with van der Waals surface area (Å²) in [6.07, 6.45) is 3.32. The molecule has 1 aromatic heterocycles. The lowest BCUT2D eigenvalue weighted by molar-refractivity contribution is -0.129. The van der Waals surface area contributed by atoms with Gasteiger partial charge in [-0.15, -0.1) is 0 Å². The predicted molar refractivity (Wildman–Crippen MR) is 93.1 cm³/mol. The molecular weight excluding hydrogens is 312 g/mol. The molecule has 0 saturated heterocycles. The van der Waals surface area contributed by atoms with Crippen molar-refractivity contribution in [1.82, 2.24) is 15.8 Å². The van der Waals surface area contributed by atoms with E-state index in [-0.39, 0.29) is 11.8 Å². The van der Waals surface area contributed by atoms with Gasteiger partial charge in [-0.05, 0) is 25.5 Å². The molecule has 1 heterocycles. The van der Waals surface area contributed by atoms with Crippen molar-refractivity contribution in [3.8, 4) is 0 Å². The number of para-hydroxylation sites is 1. The van der Waals surface area contributed by atoms with Crippen LogP contribution in [0.3, 0.4) is 0 Å². The molecule has 2 amide bonds. The summed E-state index contributed by atoms with van der Waals surface area (Å²) < 4.78 is 1.06. The zero-order chi connectivity index (χ0) is 16.7. The van der Waals surface area contributed by atoms with Crippen molar-refractivity contribution < 1.29 is 9.59 Å². The maximum atomic E-state index is 12.0. The zero-order valence-electron chi connectivity index (χ0n) is 13.4. The van der Waals surface area contributed by atoms with Crippen molar-refractivity contribution in [3.63, 3.8) is 0 Å². The number of carbonyl (C=O) groups is 2. The number of aromatic nitrogens is 1. The molecule has 0 fully saturated rings. The van der Waals surface area contributed by atoms with E-state index in [9.17, 15) is 9.59 Å². The number of anilines is 1. The van der Waals surface area contributed by atoms with Crippen LogP contribution in [0, 0.1) is 0 Å². The molecule has 2 rings (SSSR count). The van der Waals surface area contributed by atoms with E-state index in [0.717, 1.165) is 29.5 Å². The van der Waals surface area contributed by atoms with Gasteiger partial charge in [0.2, 0.25) is 5.91 Å². The second kappa shape index (κ2) is 8.47. The highest BCUT2D eigenvalue weighted by Gasteiger charge is 2.15. The van der Waals surface area contributed by atoms with Gasteiger partial charge >= 0.3 is 0 Å². The van der Waals surface area contributed by atoms with Gasteiger partial charge in [0.1, 0.15) is 6.04 Å². The van der Waals surface area contributed by atoms with E-state index in [0.29, 0.717) is 11.6 Å². The molecule has 0 radical (unpaired) electrons. The number of thiazole rings is 1. The summed E-state index contributed by atoms with van der Waals surface area (Å²) in [6, 6.07) is 7.30. The number of nitrogens with one attached hydrogen (secondary N) is 3. The highest BCUT2D eigenvalue weighted by atomic mass is 32.1. The van der Waals surface area contributed by atoms with Crippen LogP contribution in [0.2, 0.25) is 0 Å². The van der Waals surface area contributed by atoms with Crippen LogP contribution in [0.15, 0.2) is 24.3 Å². The Morgan fingerprint density at radius 2 is 2.00 bits per heavy atom. The number of carbonyl (C=O) groups excluding carboxylic acids is 2. The Labute approximate surface area is 139 Å². The van der Waals surface area contributed by atoms with Crippen LogP contribution in [-0.4, -0.2) is 22.8 Å². The Balaban J connectivity index is 1.79. The van der Waals surface area contributed by atoms with E-state index in [1.54, 1.807) is 6.92 Å². The van der Waals surface area contributed by atoms with E-state index in [2.05, 4.69) is 28.1 Å². The number of unbranched alkanes of at least 4 members (excludes halogenated alkanes) is 2. The Morgan fingerprint density at radius 3 is 2.74 bits per heavy atom. The standard InChI is InChI=1S/C16H22N4O2S/c1-3-4-5-10-14(21)19-20-15(22)11(2)17-16-18-12-8-6-7-9-13(12)23-16/h6-9,11H,3-5,10H2,1-2H3,(H,17,18)(H,19,21)(H,20,22). The average Bonchev–Trinajstić information content (AvgIpc) is 2.95. The maximum absolute atomic E-state index is 12.0. The Bertz CT molecular complexity index is 638. The number of amides is 2. The SMILES string of the molecule is CCCCCC(=O)NNC(=O)C(C)Nc1nc2ccccc2s1. The van der Waals surface area contributed by atoms with E-state index in [4.69, 9.17) is 0 Å². The van der Waals surface area contributed by atoms with Gasteiger partial charge in [0.05, 0.1) is 10.2 Å². The summed E-state index contributed by atoms with van der Waals surface area (Å²) >= 11 is 1.49. The third-order valence-electron chi connectivity index (χ3n) is 3.36. The van der Waals surface area contributed by atoms with Crippen LogP contribution in [0.25, 0.3) is 10.2 Å². The number of benzene rings is 1. The van der Waals surface area contributed by atoms with Gasteiger partial charge in [0.15, 0.2) is 5.13 Å². The molecule has 6 nitrogen and oxygen atoms in total. The molecule has 7 heteroatoms. The topological polar surface area (TPSA) is 83.1 Å². The smallest absolute Gasteiger partial charge is 0.260 e. The minimum Gasteiger partial charge on any atom is -0.350 e. The first-order chi connectivity index (χ1) is 11.1. The minimum atomic E-state index is -0.494. The van der Waals surface area contributed by atoms with Crippen LogP contribution >= 0.6 is 11.3 Å². The fourth-order valence-electron chi connectivity index (χ4n) is 2.02. The molecule has 1 aromatic carbocycles. The molecule has 0 aliphatic carbocycles. The van der Waals surface area contributed by atoms with Gasteiger partial charge in [-0.25, -0.2) is 4.98 Å². The summed E-state index contributed by atoms with van der Waals surface area (Å²) in [6.45, 7) is 3.81. The molecule has 23 heavy (non-hydrogen) atoms. The lowest BCUT2D eigenvalue weighted by Gasteiger charge is -2.13. The maximum Gasteiger partial charge on any atom is 0.260 e. The number of fused-ring (bicyclic) bond motifs is 1.